The Hall–Kier alpha value is -1.13. The van der Waals surface area contributed by atoms with E-state index in [2.05, 4.69) is 12.2 Å². The Balaban J connectivity index is 2.25. The summed E-state index contributed by atoms with van der Waals surface area (Å²) in [5, 5.41) is 3.34. The number of nitrogens with two attached hydrogens (primary N) is 1. The molecule has 0 spiro atoms. The fraction of sp³-hybridized carbons (Fsp3) is 0.571. The van der Waals surface area contributed by atoms with Crippen LogP contribution in [0.1, 0.15) is 18.9 Å². The molecule has 102 valence electrons. The number of methoxy groups -OCH3 is 1. The number of hydrogen-bond acceptors (Lipinski definition) is 3. The highest BCUT2D eigenvalue weighted by Gasteiger charge is 2.03. The molecular weight excluding hydrogens is 231 g/mol. The molecule has 1 unspecified atom stereocenters. The first-order chi connectivity index (χ1) is 8.67. The summed E-state index contributed by atoms with van der Waals surface area (Å²) in [6.07, 6.45) is 1.89. The van der Waals surface area contributed by atoms with Crippen LogP contribution in [0.3, 0.4) is 0 Å². The van der Waals surface area contributed by atoms with Crippen molar-refractivity contribution in [3.05, 3.63) is 29.6 Å². The third-order valence-electron chi connectivity index (χ3n) is 3.02. The maximum Gasteiger partial charge on any atom is 0.165 e. The van der Waals surface area contributed by atoms with Crippen LogP contribution >= 0.6 is 0 Å². The lowest BCUT2D eigenvalue weighted by molar-refractivity contribution is 0.386. The van der Waals surface area contributed by atoms with E-state index in [1.54, 1.807) is 6.07 Å². The first-order valence-electron chi connectivity index (χ1n) is 6.40. The van der Waals surface area contributed by atoms with Gasteiger partial charge in [-0.2, -0.15) is 0 Å². The van der Waals surface area contributed by atoms with E-state index in [4.69, 9.17) is 10.5 Å². The zero-order valence-corrected chi connectivity index (χ0v) is 11.2. The smallest absolute Gasteiger partial charge is 0.165 e. The topological polar surface area (TPSA) is 47.3 Å². The molecule has 1 aromatic rings. The molecule has 0 bridgehead atoms. The van der Waals surface area contributed by atoms with Crippen LogP contribution in [0.5, 0.6) is 5.75 Å². The predicted molar refractivity (Wildman–Crippen MR) is 72.4 cm³/mol. The quantitative estimate of drug-likeness (QED) is 0.697. The van der Waals surface area contributed by atoms with Crippen LogP contribution in [0.4, 0.5) is 4.39 Å². The normalized spacial score (nSPS) is 12.4. The van der Waals surface area contributed by atoms with Crippen molar-refractivity contribution in [2.75, 3.05) is 26.7 Å². The van der Waals surface area contributed by atoms with Crippen LogP contribution in [-0.4, -0.2) is 26.7 Å². The van der Waals surface area contributed by atoms with E-state index < -0.39 is 0 Å². The Morgan fingerprint density at radius 1 is 1.39 bits per heavy atom. The number of benzene rings is 1. The predicted octanol–water partition coefficient (Wildman–Crippen LogP) is 1.95. The monoisotopic (exact) mass is 254 g/mol. The zero-order valence-electron chi connectivity index (χ0n) is 11.2. The van der Waals surface area contributed by atoms with Gasteiger partial charge < -0.3 is 15.8 Å². The van der Waals surface area contributed by atoms with E-state index in [-0.39, 0.29) is 5.82 Å². The van der Waals surface area contributed by atoms with E-state index in [0.717, 1.165) is 38.0 Å². The van der Waals surface area contributed by atoms with Crippen LogP contribution in [0.2, 0.25) is 0 Å². The van der Waals surface area contributed by atoms with Crippen molar-refractivity contribution in [1.29, 1.82) is 0 Å². The van der Waals surface area contributed by atoms with Gasteiger partial charge >= 0.3 is 0 Å². The average molecular weight is 254 g/mol. The highest BCUT2D eigenvalue weighted by atomic mass is 19.1. The molecule has 0 aliphatic heterocycles. The molecule has 1 atom stereocenters. The molecule has 0 saturated carbocycles. The second-order valence-electron chi connectivity index (χ2n) is 4.60. The maximum absolute atomic E-state index is 13.4. The van der Waals surface area contributed by atoms with Crippen molar-refractivity contribution in [2.45, 2.75) is 19.8 Å². The molecule has 0 aliphatic rings. The molecule has 1 rings (SSSR count). The van der Waals surface area contributed by atoms with E-state index in [1.165, 1.54) is 13.2 Å². The fourth-order valence-corrected chi connectivity index (χ4v) is 1.69. The molecule has 18 heavy (non-hydrogen) atoms. The number of hydrogen-bond donors (Lipinski definition) is 2. The van der Waals surface area contributed by atoms with Crippen molar-refractivity contribution in [2.24, 2.45) is 11.7 Å². The SMILES string of the molecule is COc1ccc(CCNCCC(C)CN)cc1F. The van der Waals surface area contributed by atoms with Gasteiger partial charge in [0.15, 0.2) is 11.6 Å². The summed E-state index contributed by atoms with van der Waals surface area (Å²) in [6, 6.07) is 5.09. The zero-order chi connectivity index (χ0) is 13.4. The van der Waals surface area contributed by atoms with Gasteiger partial charge in [0.05, 0.1) is 7.11 Å². The molecule has 0 aromatic heterocycles. The van der Waals surface area contributed by atoms with Gasteiger partial charge in [-0.15, -0.1) is 0 Å². The minimum atomic E-state index is -0.299. The molecular formula is C14H23FN2O. The lowest BCUT2D eigenvalue weighted by Crippen LogP contribution is -2.22. The minimum absolute atomic E-state index is 0.295. The lowest BCUT2D eigenvalue weighted by atomic mass is 10.1. The van der Waals surface area contributed by atoms with Gasteiger partial charge in [0.25, 0.3) is 0 Å². The average Bonchev–Trinajstić information content (AvgIpc) is 2.38. The van der Waals surface area contributed by atoms with Gasteiger partial charge in [-0.3, -0.25) is 0 Å². The van der Waals surface area contributed by atoms with Crippen LogP contribution in [0.15, 0.2) is 18.2 Å². The Kier molecular flexibility index (Phi) is 6.68. The molecule has 0 amide bonds. The Bertz CT molecular complexity index is 358. The van der Waals surface area contributed by atoms with Crippen molar-refractivity contribution in [3.63, 3.8) is 0 Å². The van der Waals surface area contributed by atoms with Gasteiger partial charge in [-0.25, -0.2) is 4.39 Å². The standard InChI is InChI=1S/C14H23FN2O/c1-11(10-16)5-7-17-8-6-12-3-4-14(18-2)13(15)9-12/h3-4,9,11,17H,5-8,10,16H2,1-2H3. The maximum atomic E-state index is 13.4. The van der Waals surface area contributed by atoms with Gasteiger partial charge in [0.1, 0.15) is 0 Å². The molecule has 0 saturated heterocycles. The molecule has 0 heterocycles. The van der Waals surface area contributed by atoms with E-state index in [9.17, 15) is 4.39 Å². The molecule has 4 heteroatoms. The highest BCUT2D eigenvalue weighted by Crippen LogP contribution is 2.17. The number of ether oxygens (including phenoxy) is 1. The molecule has 0 radical (unpaired) electrons. The molecule has 0 aliphatic carbocycles. The summed E-state index contributed by atoms with van der Waals surface area (Å²) in [7, 11) is 1.47. The number of nitrogens with one attached hydrogen (secondary N) is 1. The summed E-state index contributed by atoms with van der Waals surface area (Å²) in [5.74, 6) is 0.547. The van der Waals surface area contributed by atoms with Crippen molar-refractivity contribution < 1.29 is 9.13 Å². The van der Waals surface area contributed by atoms with Gasteiger partial charge in [-0.05, 0) is 56.1 Å². The Morgan fingerprint density at radius 3 is 2.78 bits per heavy atom. The first kappa shape index (κ1) is 14.9. The number of rotatable bonds is 8. The number of halogens is 1. The summed E-state index contributed by atoms with van der Waals surface area (Å²) in [4.78, 5) is 0. The molecule has 3 nitrogen and oxygen atoms in total. The summed E-state index contributed by atoms with van der Waals surface area (Å²) < 4.78 is 18.3. The fourth-order valence-electron chi connectivity index (χ4n) is 1.69. The van der Waals surface area contributed by atoms with Crippen molar-refractivity contribution >= 4 is 0 Å². The Labute approximate surface area is 109 Å². The first-order valence-corrected chi connectivity index (χ1v) is 6.40. The van der Waals surface area contributed by atoms with Crippen LogP contribution < -0.4 is 15.8 Å². The van der Waals surface area contributed by atoms with E-state index in [1.807, 2.05) is 6.07 Å². The summed E-state index contributed by atoms with van der Waals surface area (Å²) >= 11 is 0. The third-order valence-corrected chi connectivity index (χ3v) is 3.02. The minimum Gasteiger partial charge on any atom is -0.494 e. The van der Waals surface area contributed by atoms with Gasteiger partial charge in [-0.1, -0.05) is 13.0 Å². The second-order valence-corrected chi connectivity index (χ2v) is 4.60. The van der Waals surface area contributed by atoms with Crippen LogP contribution in [0, 0.1) is 11.7 Å². The highest BCUT2D eigenvalue weighted by molar-refractivity contribution is 5.29. The second kappa shape index (κ2) is 8.06. The largest absolute Gasteiger partial charge is 0.494 e. The summed E-state index contributed by atoms with van der Waals surface area (Å²) in [5.41, 5.74) is 6.52. The third kappa shape index (κ3) is 5.02. The van der Waals surface area contributed by atoms with E-state index in [0.29, 0.717) is 11.7 Å². The van der Waals surface area contributed by atoms with E-state index >= 15 is 0 Å². The Morgan fingerprint density at radius 2 is 2.17 bits per heavy atom. The van der Waals surface area contributed by atoms with Crippen LogP contribution in [0.25, 0.3) is 0 Å². The lowest BCUT2D eigenvalue weighted by Gasteiger charge is -2.09. The van der Waals surface area contributed by atoms with Gasteiger partial charge in [0, 0.05) is 0 Å². The molecule has 1 aromatic carbocycles. The molecule has 0 fully saturated rings. The van der Waals surface area contributed by atoms with Crippen LogP contribution in [-0.2, 0) is 6.42 Å². The van der Waals surface area contributed by atoms with Gasteiger partial charge in [0.2, 0.25) is 0 Å². The van der Waals surface area contributed by atoms with Crippen molar-refractivity contribution in [1.82, 2.24) is 5.32 Å². The van der Waals surface area contributed by atoms with Crippen molar-refractivity contribution in [3.8, 4) is 5.75 Å². The molecule has 3 N–H and O–H groups in total. The summed E-state index contributed by atoms with van der Waals surface area (Å²) in [6.45, 7) is 4.67.